The zero-order valence-corrected chi connectivity index (χ0v) is 15.5. The van der Waals surface area contributed by atoms with Gasteiger partial charge in [-0.25, -0.2) is 18.4 Å². The fourth-order valence-corrected chi connectivity index (χ4v) is 2.81. The molecule has 0 saturated heterocycles. The summed E-state index contributed by atoms with van der Waals surface area (Å²) in [5, 5.41) is 21.1. The number of carbonyl (C=O) groups excluding carboxylic acids is 1. The molecule has 3 aromatic rings. The number of aryl methyl sites for hydroxylation is 1. The van der Waals surface area contributed by atoms with Crippen LogP contribution in [-0.4, -0.2) is 35.4 Å². The molecular weight excluding hydrogens is 388 g/mol. The molecule has 0 fully saturated rings. The number of hydrogen-bond donors (Lipinski definition) is 1. The van der Waals surface area contributed by atoms with E-state index < -0.39 is 35.2 Å². The maximum atomic E-state index is 13.0. The van der Waals surface area contributed by atoms with Gasteiger partial charge in [0.1, 0.15) is 18.6 Å². The van der Waals surface area contributed by atoms with E-state index in [9.17, 15) is 23.7 Å². The summed E-state index contributed by atoms with van der Waals surface area (Å²) in [6.45, 7) is 3.18. The minimum Gasteiger partial charge on any atom is -0.292 e. The normalized spacial score (nSPS) is 11.1. The van der Waals surface area contributed by atoms with Crippen molar-refractivity contribution in [1.82, 2.24) is 24.5 Å². The van der Waals surface area contributed by atoms with Crippen LogP contribution in [0.25, 0.3) is 0 Å². The van der Waals surface area contributed by atoms with Crippen molar-refractivity contribution < 1.29 is 18.5 Å². The second-order valence-corrected chi connectivity index (χ2v) is 6.34. The molecule has 1 N–H and O–H groups in total. The highest BCUT2D eigenvalue weighted by atomic mass is 19.3. The molecule has 0 aliphatic rings. The highest BCUT2D eigenvalue weighted by Gasteiger charge is 2.31. The van der Waals surface area contributed by atoms with E-state index in [2.05, 4.69) is 20.5 Å². The third kappa shape index (κ3) is 4.59. The Morgan fingerprint density at radius 3 is 2.69 bits per heavy atom. The molecule has 1 aromatic carbocycles. The van der Waals surface area contributed by atoms with Crippen LogP contribution in [0.1, 0.15) is 28.9 Å². The van der Waals surface area contributed by atoms with Crippen LogP contribution in [-0.2, 0) is 17.9 Å². The molecule has 3 rings (SSSR count). The first kappa shape index (κ1) is 20.0. The van der Waals surface area contributed by atoms with Crippen molar-refractivity contribution in [2.75, 3.05) is 5.32 Å². The number of nitrogens with one attached hydrogen (secondary N) is 1. The average molecular weight is 405 g/mol. The number of hydrogen-bond acceptors (Lipinski definition) is 6. The molecule has 12 heteroatoms. The van der Waals surface area contributed by atoms with Gasteiger partial charge in [0.05, 0.1) is 11.5 Å². The van der Waals surface area contributed by atoms with Gasteiger partial charge < -0.3 is 0 Å². The number of benzene rings is 1. The molecule has 2 aromatic heterocycles. The Morgan fingerprint density at radius 1 is 1.31 bits per heavy atom. The van der Waals surface area contributed by atoms with Gasteiger partial charge >= 0.3 is 5.69 Å². The lowest BCUT2D eigenvalue weighted by Crippen LogP contribution is -2.21. The third-order valence-electron chi connectivity index (χ3n) is 4.10. The molecule has 2 heterocycles. The van der Waals surface area contributed by atoms with Gasteiger partial charge in [-0.1, -0.05) is 29.8 Å². The van der Waals surface area contributed by atoms with Crippen molar-refractivity contribution >= 4 is 17.5 Å². The summed E-state index contributed by atoms with van der Waals surface area (Å²) in [5.41, 5.74) is 0.197. The molecular formula is C17H17F2N7O3. The average Bonchev–Trinajstić information content (AvgIpc) is 3.19. The third-order valence-corrected chi connectivity index (χ3v) is 4.10. The van der Waals surface area contributed by atoms with Gasteiger partial charge in [0.25, 0.3) is 6.43 Å². The van der Waals surface area contributed by atoms with Crippen LogP contribution in [0.4, 0.5) is 20.4 Å². The van der Waals surface area contributed by atoms with E-state index in [-0.39, 0.29) is 11.6 Å². The number of anilines is 1. The minimum absolute atomic E-state index is 0.0241. The zero-order valence-electron chi connectivity index (χ0n) is 15.5. The largest absolute Gasteiger partial charge is 0.319 e. The van der Waals surface area contributed by atoms with Crippen LogP contribution in [0.15, 0.2) is 30.6 Å². The Bertz CT molecular complexity index is 1060. The quantitative estimate of drug-likeness (QED) is 0.476. The molecule has 0 bridgehead atoms. The van der Waals surface area contributed by atoms with E-state index in [1.165, 1.54) is 17.9 Å². The second-order valence-electron chi connectivity index (χ2n) is 6.34. The summed E-state index contributed by atoms with van der Waals surface area (Å²) in [4.78, 5) is 26.2. The van der Waals surface area contributed by atoms with E-state index >= 15 is 0 Å². The molecule has 0 saturated carbocycles. The highest BCUT2D eigenvalue weighted by Crippen LogP contribution is 2.30. The Balaban J connectivity index is 1.68. The number of rotatable bonds is 7. The molecule has 0 spiro atoms. The SMILES string of the molecule is Cc1cccc(Cn2cnc(NC(=O)Cn3nc(C(F)F)c([N+](=O)[O-])c3C)n2)c1. The van der Waals surface area contributed by atoms with Crippen LogP contribution in [0.2, 0.25) is 0 Å². The van der Waals surface area contributed by atoms with E-state index in [1.807, 2.05) is 31.2 Å². The summed E-state index contributed by atoms with van der Waals surface area (Å²) in [6.07, 6.45) is -1.69. The van der Waals surface area contributed by atoms with Crippen molar-refractivity contribution in [3.05, 3.63) is 63.2 Å². The predicted molar refractivity (Wildman–Crippen MR) is 97.5 cm³/mol. The fraction of sp³-hybridized carbons (Fsp3) is 0.294. The number of carbonyl (C=O) groups is 1. The highest BCUT2D eigenvalue weighted by molar-refractivity contribution is 5.88. The number of amides is 1. The smallest absolute Gasteiger partial charge is 0.292 e. The van der Waals surface area contributed by atoms with Gasteiger partial charge in [-0.15, -0.1) is 5.10 Å². The first-order valence-corrected chi connectivity index (χ1v) is 8.49. The van der Waals surface area contributed by atoms with Crippen LogP contribution in [0.3, 0.4) is 0 Å². The van der Waals surface area contributed by atoms with Crippen molar-refractivity contribution in [2.45, 2.75) is 33.4 Å². The fourth-order valence-electron chi connectivity index (χ4n) is 2.81. The van der Waals surface area contributed by atoms with Crippen LogP contribution < -0.4 is 5.32 Å². The van der Waals surface area contributed by atoms with Gasteiger partial charge in [-0.2, -0.15) is 5.10 Å². The summed E-state index contributed by atoms with van der Waals surface area (Å²) in [5.74, 6) is -0.629. The van der Waals surface area contributed by atoms with Gasteiger partial charge in [0, 0.05) is 0 Å². The van der Waals surface area contributed by atoms with Crippen LogP contribution >= 0.6 is 0 Å². The molecule has 0 aliphatic carbocycles. The molecule has 0 aliphatic heterocycles. The summed E-state index contributed by atoms with van der Waals surface area (Å²) >= 11 is 0. The number of halogens is 2. The lowest BCUT2D eigenvalue weighted by Gasteiger charge is -2.04. The molecule has 152 valence electrons. The summed E-state index contributed by atoms with van der Waals surface area (Å²) in [7, 11) is 0. The van der Waals surface area contributed by atoms with Crippen LogP contribution in [0.5, 0.6) is 0 Å². The van der Waals surface area contributed by atoms with Gasteiger partial charge in [-0.3, -0.25) is 24.9 Å². The number of alkyl halides is 2. The topological polar surface area (TPSA) is 121 Å². The van der Waals surface area contributed by atoms with Crippen molar-refractivity contribution in [2.24, 2.45) is 0 Å². The van der Waals surface area contributed by atoms with Crippen molar-refractivity contribution in [3.8, 4) is 0 Å². The predicted octanol–water partition coefficient (Wildman–Crippen LogP) is 2.62. The number of nitrogens with zero attached hydrogens (tertiary/aromatic N) is 6. The Morgan fingerprint density at radius 2 is 2.07 bits per heavy atom. The Hall–Kier alpha value is -3.70. The van der Waals surface area contributed by atoms with E-state index in [0.717, 1.165) is 15.8 Å². The molecule has 0 atom stereocenters. The first-order valence-electron chi connectivity index (χ1n) is 8.49. The minimum atomic E-state index is -3.13. The van der Waals surface area contributed by atoms with Gasteiger partial charge in [0.2, 0.25) is 17.5 Å². The van der Waals surface area contributed by atoms with Gasteiger partial charge in [-0.05, 0) is 19.4 Å². The molecule has 0 radical (unpaired) electrons. The molecule has 1 amide bonds. The molecule has 10 nitrogen and oxygen atoms in total. The van der Waals surface area contributed by atoms with Crippen molar-refractivity contribution in [1.29, 1.82) is 0 Å². The van der Waals surface area contributed by atoms with Crippen LogP contribution in [0, 0.1) is 24.0 Å². The van der Waals surface area contributed by atoms with Crippen molar-refractivity contribution in [3.63, 3.8) is 0 Å². The lowest BCUT2D eigenvalue weighted by molar-refractivity contribution is -0.386. The molecule has 0 unspecified atom stereocenters. The number of nitro groups is 1. The molecule has 29 heavy (non-hydrogen) atoms. The van der Waals surface area contributed by atoms with E-state index in [1.54, 1.807) is 0 Å². The second kappa shape index (κ2) is 8.12. The number of aromatic nitrogens is 5. The summed E-state index contributed by atoms with van der Waals surface area (Å²) in [6, 6.07) is 7.82. The Kier molecular flexibility index (Phi) is 5.61. The lowest BCUT2D eigenvalue weighted by atomic mass is 10.1. The maximum absolute atomic E-state index is 13.0. The van der Waals surface area contributed by atoms with E-state index in [4.69, 9.17) is 0 Å². The maximum Gasteiger partial charge on any atom is 0.319 e. The summed E-state index contributed by atoms with van der Waals surface area (Å²) < 4.78 is 28.3. The van der Waals surface area contributed by atoms with Gasteiger partial charge in [0.15, 0.2) is 0 Å². The Labute approximate surface area is 163 Å². The monoisotopic (exact) mass is 405 g/mol. The standard InChI is InChI=1S/C17H17F2N7O3/c1-10-4-3-5-12(6-10)7-24-9-20-17(23-24)21-13(27)8-25-11(2)15(26(28)29)14(22-25)16(18)19/h3-6,9,16H,7-8H2,1-2H3,(H,21,23,27). The first-order chi connectivity index (χ1) is 13.7. The zero-order chi connectivity index (χ0) is 21.1. The van der Waals surface area contributed by atoms with E-state index in [0.29, 0.717) is 6.54 Å².